The first-order chi connectivity index (χ1) is 5.65. The number of hydrogen-bond donors (Lipinski definition) is 3. The second-order valence-corrected chi connectivity index (χ2v) is 2.27. The van der Waals surface area contributed by atoms with Gasteiger partial charge in [0.1, 0.15) is 5.69 Å². The second kappa shape index (κ2) is 3.19. The number of nitrogen functional groups attached to an aromatic ring is 3. The van der Waals surface area contributed by atoms with Crippen LogP contribution in [0.4, 0.5) is 17.1 Å². The number of hydrogen-bond acceptors (Lipinski definition) is 5. The smallest absolute Gasteiger partial charge is 0.192 e. The summed E-state index contributed by atoms with van der Waals surface area (Å²) in [4.78, 5) is 9.14. The summed E-state index contributed by atoms with van der Waals surface area (Å²) < 4.78 is 0. The highest BCUT2D eigenvalue weighted by molar-refractivity contribution is 5.75. The fourth-order valence-corrected chi connectivity index (χ4v) is 0.829. The molecule has 5 heteroatoms. The van der Waals surface area contributed by atoms with Gasteiger partial charge in [0.05, 0.1) is 12.8 Å². The molecule has 0 amide bonds. The second-order valence-electron chi connectivity index (χ2n) is 2.27. The fourth-order valence-electron chi connectivity index (χ4n) is 0.829. The van der Waals surface area contributed by atoms with E-state index in [4.69, 9.17) is 22.1 Å². The van der Waals surface area contributed by atoms with Gasteiger partial charge in [0.15, 0.2) is 5.75 Å². The summed E-state index contributed by atoms with van der Waals surface area (Å²) in [6.07, 6.45) is 0. The van der Waals surface area contributed by atoms with Gasteiger partial charge in [-0.2, -0.15) is 4.89 Å². The van der Waals surface area contributed by atoms with Crippen molar-refractivity contribution in [3.05, 3.63) is 12.1 Å². The van der Waals surface area contributed by atoms with E-state index in [0.29, 0.717) is 22.8 Å². The molecule has 12 heavy (non-hydrogen) atoms. The van der Waals surface area contributed by atoms with Gasteiger partial charge >= 0.3 is 0 Å². The summed E-state index contributed by atoms with van der Waals surface area (Å²) in [5.74, 6) is 0.329. The third-order valence-electron chi connectivity index (χ3n) is 1.37. The first kappa shape index (κ1) is 8.48. The molecule has 0 heterocycles. The summed E-state index contributed by atoms with van der Waals surface area (Å²) in [5.41, 5.74) is 17.7. The van der Waals surface area contributed by atoms with Crippen molar-refractivity contribution >= 4 is 17.1 Å². The fraction of sp³-hybridized carbons (Fsp3) is 0.143. The molecule has 0 aliphatic heterocycles. The van der Waals surface area contributed by atoms with Crippen LogP contribution in [-0.4, -0.2) is 7.11 Å². The van der Waals surface area contributed by atoms with Crippen LogP contribution < -0.4 is 22.1 Å². The van der Waals surface area contributed by atoms with Crippen molar-refractivity contribution in [2.24, 2.45) is 0 Å². The molecule has 0 fully saturated rings. The molecule has 1 aromatic rings. The molecule has 0 atom stereocenters. The minimum absolute atomic E-state index is 0.325. The van der Waals surface area contributed by atoms with Gasteiger partial charge in [0.25, 0.3) is 0 Å². The van der Waals surface area contributed by atoms with Gasteiger partial charge in [-0.05, 0) is 6.07 Å². The topological polar surface area (TPSA) is 96.5 Å². The van der Waals surface area contributed by atoms with E-state index in [1.165, 1.54) is 13.2 Å². The molecule has 0 aromatic heterocycles. The maximum atomic E-state index is 5.55. The van der Waals surface area contributed by atoms with Crippen LogP contribution in [0.2, 0.25) is 0 Å². The SMILES string of the molecule is COOc1cc(N)cc(N)c1N. The largest absolute Gasteiger partial charge is 0.399 e. The number of anilines is 3. The number of rotatable bonds is 2. The Hall–Kier alpha value is -1.62. The lowest BCUT2D eigenvalue weighted by Crippen LogP contribution is -2.01. The highest BCUT2D eigenvalue weighted by Gasteiger charge is 2.05. The molecular formula is C7H11N3O2. The lowest BCUT2D eigenvalue weighted by atomic mass is 10.2. The highest BCUT2D eigenvalue weighted by Crippen LogP contribution is 2.30. The van der Waals surface area contributed by atoms with Crippen molar-refractivity contribution in [2.45, 2.75) is 0 Å². The normalized spacial score (nSPS) is 9.75. The van der Waals surface area contributed by atoms with Crippen molar-refractivity contribution in [1.29, 1.82) is 0 Å². The van der Waals surface area contributed by atoms with Crippen LogP contribution >= 0.6 is 0 Å². The standard InChI is InChI=1S/C7H11N3O2/c1-11-12-6-3-4(8)2-5(9)7(6)10/h2-3H,8-10H2,1H3. The van der Waals surface area contributed by atoms with Crippen molar-refractivity contribution in [3.63, 3.8) is 0 Å². The molecule has 0 aliphatic carbocycles. The van der Waals surface area contributed by atoms with Crippen LogP contribution in [0, 0.1) is 0 Å². The molecule has 0 aliphatic rings. The van der Waals surface area contributed by atoms with E-state index in [-0.39, 0.29) is 0 Å². The van der Waals surface area contributed by atoms with Gasteiger partial charge < -0.3 is 22.1 Å². The van der Waals surface area contributed by atoms with Gasteiger partial charge in [-0.15, -0.1) is 0 Å². The summed E-state index contributed by atoms with van der Waals surface area (Å²) >= 11 is 0. The summed E-state index contributed by atoms with van der Waals surface area (Å²) in [6.45, 7) is 0. The average molecular weight is 169 g/mol. The Bertz CT molecular complexity index is 288. The lowest BCUT2D eigenvalue weighted by Gasteiger charge is -2.07. The summed E-state index contributed by atoms with van der Waals surface area (Å²) in [7, 11) is 1.37. The van der Waals surface area contributed by atoms with E-state index >= 15 is 0 Å². The predicted octanol–water partition coefficient (Wildman–Crippen LogP) is 0.373. The van der Waals surface area contributed by atoms with Crippen LogP contribution in [-0.2, 0) is 4.89 Å². The van der Waals surface area contributed by atoms with Crippen LogP contribution in [0.15, 0.2) is 12.1 Å². The molecule has 5 nitrogen and oxygen atoms in total. The first-order valence-electron chi connectivity index (χ1n) is 3.30. The Labute approximate surface area is 70.0 Å². The first-order valence-corrected chi connectivity index (χ1v) is 3.30. The summed E-state index contributed by atoms with van der Waals surface area (Å²) in [6, 6.07) is 3.09. The minimum atomic E-state index is 0.325. The quantitative estimate of drug-likeness (QED) is 0.337. The Morgan fingerprint density at radius 1 is 1.17 bits per heavy atom. The van der Waals surface area contributed by atoms with Crippen molar-refractivity contribution < 1.29 is 9.78 Å². The van der Waals surface area contributed by atoms with E-state index in [1.807, 2.05) is 0 Å². The Morgan fingerprint density at radius 3 is 2.42 bits per heavy atom. The maximum Gasteiger partial charge on any atom is 0.192 e. The molecule has 0 saturated heterocycles. The Morgan fingerprint density at radius 2 is 1.83 bits per heavy atom. The predicted molar refractivity (Wildman–Crippen MR) is 47.3 cm³/mol. The molecule has 0 unspecified atom stereocenters. The van der Waals surface area contributed by atoms with Gasteiger partial charge in [-0.25, -0.2) is 0 Å². The van der Waals surface area contributed by atoms with E-state index < -0.39 is 0 Å². The van der Waals surface area contributed by atoms with Crippen LogP contribution in [0.25, 0.3) is 0 Å². The van der Waals surface area contributed by atoms with Gasteiger partial charge in [0.2, 0.25) is 0 Å². The van der Waals surface area contributed by atoms with Gasteiger partial charge in [0, 0.05) is 11.8 Å². The maximum absolute atomic E-state index is 5.55. The molecule has 66 valence electrons. The van der Waals surface area contributed by atoms with Crippen LogP contribution in [0.1, 0.15) is 0 Å². The monoisotopic (exact) mass is 169 g/mol. The number of nitrogens with two attached hydrogens (primary N) is 3. The highest BCUT2D eigenvalue weighted by atomic mass is 17.2. The van der Waals surface area contributed by atoms with Crippen molar-refractivity contribution in [3.8, 4) is 5.75 Å². The van der Waals surface area contributed by atoms with Gasteiger partial charge in [-0.3, -0.25) is 0 Å². The molecule has 0 saturated carbocycles. The molecule has 1 rings (SSSR count). The zero-order chi connectivity index (χ0) is 9.14. The van der Waals surface area contributed by atoms with Crippen LogP contribution in [0.3, 0.4) is 0 Å². The van der Waals surface area contributed by atoms with E-state index in [9.17, 15) is 0 Å². The third kappa shape index (κ3) is 1.51. The third-order valence-corrected chi connectivity index (χ3v) is 1.37. The minimum Gasteiger partial charge on any atom is -0.399 e. The molecule has 0 radical (unpaired) electrons. The Balaban J connectivity index is 3.09. The zero-order valence-electron chi connectivity index (χ0n) is 6.70. The van der Waals surface area contributed by atoms with Crippen molar-refractivity contribution in [1.82, 2.24) is 0 Å². The van der Waals surface area contributed by atoms with E-state index in [0.717, 1.165) is 0 Å². The molecule has 6 N–H and O–H groups in total. The summed E-state index contributed by atoms with van der Waals surface area (Å²) in [5, 5.41) is 0. The van der Waals surface area contributed by atoms with E-state index in [1.54, 1.807) is 6.07 Å². The van der Waals surface area contributed by atoms with Crippen LogP contribution in [0.5, 0.6) is 5.75 Å². The average Bonchev–Trinajstić information content (AvgIpc) is 2.00. The molecule has 1 aromatic carbocycles. The zero-order valence-corrected chi connectivity index (χ0v) is 6.70. The molecule has 0 bridgehead atoms. The molecular weight excluding hydrogens is 158 g/mol. The number of benzene rings is 1. The van der Waals surface area contributed by atoms with Gasteiger partial charge in [-0.1, -0.05) is 0 Å². The van der Waals surface area contributed by atoms with Crippen molar-refractivity contribution in [2.75, 3.05) is 24.3 Å². The Kier molecular flexibility index (Phi) is 2.25. The van der Waals surface area contributed by atoms with E-state index in [2.05, 4.69) is 4.89 Å². The lowest BCUT2D eigenvalue weighted by molar-refractivity contribution is -0.177. The molecule has 0 spiro atoms.